The topological polar surface area (TPSA) is 202 Å². The third-order valence-corrected chi connectivity index (χ3v) is 6.63. The number of nitrogens with one attached hydrogen (secondary N) is 3. The molecule has 222 valence electrons. The molecule has 0 bridgehead atoms. The second-order valence-electron chi connectivity index (χ2n) is 9.96. The number of H-pyrrole nitrogens is 1. The second-order valence-corrected chi connectivity index (χ2v) is 11.6. The second kappa shape index (κ2) is 13.6. The summed E-state index contributed by atoms with van der Waals surface area (Å²) in [5, 5.41) is 6.33. The summed E-state index contributed by atoms with van der Waals surface area (Å²) in [6.07, 6.45) is 3.71. The summed E-state index contributed by atoms with van der Waals surface area (Å²) in [7, 11) is -4.62. The molecule has 2 heterocycles. The Kier molecular flexibility index (Phi) is 10.6. The van der Waals surface area contributed by atoms with Gasteiger partial charge in [-0.25, -0.2) is 14.5 Å². The van der Waals surface area contributed by atoms with E-state index in [1.54, 1.807) is 42.7 Å². The zero-order valence-corrected chi connectivity index (χ0v) is 24.7. The van der Waals surface area contributed by atoms with Gasteiger partial charge in [0.25, 0.3) is 5.91 Å². The summed E-state index contributed by atoms with van der Waals surface area (Å²) in [4.78, 5) is 55.2. The minimum absolute atomic E-state index is 0.163. The van der Waals surface area contributed by atoms with Gasteiger partial charge in [-0.05, 0) is 56.5 Å². The Bertz CT molecular complexity index is 1420. The third kappa shape index (κ3) is 9.63. The number of nitrogens with zero attached hydrogens (tertiary/aromatic N) is 2. The Labute approximate surface area is 242 Å². The number of aromatic nitrogens is 3. The highest BCUT2D eigenvalue weighted by atomic mass is 35.5. The van der Waals surface area contributed by atoms with Crippen molar-refractivity contribution in [3.05, 3.63) is 64.6 Å². The number of phosphoric ester groups is 1. The highest BCUT2D eigenvalue weighted by Crippen LogP contribution is 2.36. The van der Waals surface area contributed by atoms with Crippen LogP contribution in [-0.2, 0) is 18.6 Å². The van der Waals surface area contributed by atoms with Crippen LogP contribution in [0.25, 0.3) is 11.3 Å². The Hall–Kier alpha value is -3.32. The number of aromatic amines is 1. The lowest BCUT2D eigenvalue weighted by Crippen LogP contribution is -2.44. The molecule has 7 N–H and O–H groups in total. The Balaban J connectivity index is 1.78. The smallest absolute Gasteiger partial charge is 0.462 e. The first kappa shape index (κ1) is 32.2. The van der Waals surface area contributed by atoms with Gasteiger partial charge in [0.15, 0.2) is 0 Å². The Morgan fingerprint density at radius 1 is 1.24 bits per heavy atom. The van der Waals surface area contributed by atoms with Crippen molar-refractivity contribution < 1.29 is 33.2 Å². The zero-order chi connectivity index (χ0) is 30.4. The number of nitrogens with two attached hydrogens (primary N) is 1. The van der Waals surface area contributed by atoms with Crippen molar-refractivity contribution in [3.8, 4) is 11.3 Å². The fraction of sp³-hybridized carbons (Fsp3) is 0.385. The molecule has 0 aliphatic rings. The van der Waals surface area contributed by atoms with Gasteiger partial charge in [-0.3, -0.25) is 14.1 Å². The van der Waals surface area contributed by atoms with Crippen LogP contribution in [0.1, 0.15) is 54.8 Å². The standard InChI is InChI=1S/C26H34ClN6O7P/c1-5-19(13-40-41(36,37)38)31-25-30-11-15(2)22(33-25)17-10-20(29-12-17)23(34)32-21(14-39-24(35)26(3,4)28)16-7-6-8-18(27)9-16/h6-12,19,21,29H,5,13-14,28H2,1-4H3,(H,32,34)(H,30,31,33)(H2,36,37,38)/t19-,21-/m1/s1. The fourth-order valence-electron chi connectivity index (χ4n) is 3.62. The number of rotatable bonds is 13. The van der Waals surface area contributed by atoms with Gasteiger partial charge in [-0.1, -0.05) is 30.7 Å². The van der Waals surface area contributed by atoms with Crippen LogP contribution in [0.5, 0.6) is 0 Å². The van der Waals surface area contributed by atoms with Gasteiger partial charge >= 0.3 is 13.8 Å². The predicted octanol–water partition coefficient (Wildman–Crippen LogP) is 3.48. The SMILES string of the molecule is CC[C@H](COP(=O)(O)O)Nc1ncc(C)c(-c2c[nH]c(C(=O)N[C@H](COC(=O)C(C)(C)N)c3cccc(Cl)c3)c2)n1. The minimum Gasteiger partial charge on any atom is -0.462 e. The number of carbonyl (C=O) groups excluding carboxylic acids is 2. The van der Waals surface area contributed by atoms with Crippen molar-refractivity contribution in [2.45, 2.75) is 51.7 Å². The van der Waals surface area contributed by atoms with E-state index in [1.165, 1.54) is 13.8 Å². The summed E-state index contributed by atoms with van der Waals surface area (Å²) in [5.74, 6) is -0.859. The molecule has 0 unspecified atom stereocenters. The molecule has 0 spiro atoms. The lowest BCUT2D eigenvalue weighted by molar-refractivity contribution is -0.149. The van der Waals surface area contributed by atoms with Crippen molar-refractivity contribution in [1.82, 2.24) is 20.3 Å². The van der Waals surface area contributed by atoms with E-state index in [-0.39, 0.29) is 24.9 Å². The maximum atomic E-state index is 13.2. The number of hydrogen-bond acceptors (Lipinski definition) is 9. The van der Waals surface area contributed by atoms with Gasteiger partial charge in [-0.15, -0.1) is 0 Å². The maximum absolute atomic E-state index is 13.2. The quantitative estimate of drug-likeness (QED) is 0.122. The number of aryl methyl sites for hydroxylation is 1. The Morgan fingerprint density at radius 3 is 2.61 bits per heavy atom. The molecule has 0 saturated heterocycles. The minimum atomic E-state index is -4.62. The van der Waals surface area contributed by atoms with Gasteiger partial charge < -0.3 is 35.9 Å². The van der Waals surface area contributed by atoms with E-state index >= 15 is 0 Å². The predicted molar refractivity (Wildman–Crippen MR) is 153 cm³/mol. The number of amides is 1. The number of esters is 1. The molecule has 13 nitrogen and oxygen atoms in total. The fourth-order valence-corrected chi connectivity index (χ4v) is 4.20. The van der Waals surface area contributed by atoms with Gasteiger partial charge in [0.1, 0.15) is 17.8 Å². The molecule has 0 radical (unpaired) electrons. The molecule has 15 heteroatoms. The molecule has 0 aliphatic heterocycles. The summed E-state index contributed by atoms with van der Waals surface area (Å²) < 4.78 is 21.0. The van der Waals surface area contributed by atoms with Crippen LogP contribution in [0.3, 0.4) is 0 Å². The average molecular weight is 609 g/mol. The normalized spacial score (nSPS) is 13.4. The molecule has 0 saturated carbocycles. The van der Waals surface area contributed by atoms with Crippen molar-refractivity contribution in [2.24, 2.45) is 5.73 Å². The summed E-state index contributed by atoms with van der Waals surface area (Å²) >= 11 is 6.15. The Morgan fingerprint density at radius 2 is 1.98 bits per heavy atom. The molecule has 1 aromatic carbocycles. The molecule has 2 aromatic heterocycles. The first-order chi connectivity index (χ1) is 19.2. The third-order valence-electron chi connectivity index (χ3n) is 5.91. The number of halogens is 1. The monoisotopic (exact) mass is 608 g/mol. The van der Waals surface area contributed by atoms with Crippen LogP contribution >= 0.6 is 19.4 Å². The van der Waals surface area contributed by atoms with Gasteiger partial charge in [0, 0.05) is 23.0 Å². The van der Waals surface area contributed by atoms with Crippen LogP contribution in [0.4, 0.5) is 5.95 Å². The van der Waals surface area contributed by atoms with Gasteiger partial charge in [0.05, 0.1) is 24.4 Å². The van der Waals surface area contributed by atoms with E-state index in [1.807, 2.05) is 13.8 Å². The van der Waals surface area contributed by atoms with Crippen LogP contribution < -0.4 is 16.4 Å². The largest absolute Gasteiger partial charge is 0.469 e. The van der Waals surface area contributed by atoms with Crippen LogP contribution in [-0.4, -0.2) is 61.4 Å². The average Bonchev–Trinajstić information content (AvgIpc) is 3.38. The van der Waals surface area contributed by atoms with Crippen molar-refractivity contribution in [3.63, 3.8) is 0 Å². The molecule has 2 atom stereocenters. The van der Waals surface area contributed by atoms with E-state index in [2.05, 4.69) is 30.1 Å². The van der Waals surface area contributed by atoms with Crippen LogP contribution in [0, 0.1) is 6.92 Å². The van der Waals surface area contributed by atoms with E-state index in [0.29, 0.717) is 28.3 Å². The highest BCUT2D eigenvalue weighted by molar-refractivity contribution is 7.46. The molecule has 3 aromatic rings. The first-order valence-corrected chi connectivity index (χ1v) is 14.6. The van der Waals surface area contributed by atoms with Crippen molar-refractivity contribution in [1.29, 1.82) is 0 Å². The van der Waals surface area contributed by atoms with E-state index in [0.717, 1.165) is 5.56 Å². The summed E-state index contributed by atoms with van der Waals surface area (Å²) in [5.41, 5.74) is 7.36. The molecular formula is C26H34ClN6O7P. The van der Waals surface area contributed by atoms with Gasteiger partial charge in [-0.2, -0.15) is 0 Å². The molecule has 0 aliphatic carbocycles. The molecular weight excluding hydrogens is 575 g/mol. The number of benzene rings is 1. The van der Waals surface area contributed by atoms with Gasteiger partial charge in [0.2, 0.25) is 5.95 Å². The van der Waals surface area contributed by atoms with Crippen LogP contribution in [0.2, 0.25) is 5.02 Å². The van der Waals surface area contributed by atoms with Crippen LogP contribution in [0.15, 0.2) is 42.7 Å². The lowest BCUT2D eigenvalue weighted by atomic mass is 10.1. The lowest BCUT2D eigenvalue weighted by Gasteiger charge is -2.22. The van der Waals surface area contributed by atoms with Crippen molar-refractivity contribution in [2.75, 3.05) is 18.5 Å². The molecule has 41 heavy (non-hydrogen) atoms. The molecule has 3 rings (SSSR count). The molecule has 1 amide bonds. The van der Waals surface area contributed by atoms with E-state index < -0.39 is 37.3 Å². The first-order valence-electron chi connectivity index (χ1n) is 12.7. The van der Waals surface area contributed by atoms with E-state index in [9.17, 15) is 14.2 Å². The summed E-state index contributed by atoms with van der Waals surface area (Å²) in [6, 6.07) is 7.30. The number of anilines is 1. The zero-order valence-electron chi connectivity index (χ0n) is 23.1. The van der Waals surface area contributed by atoms with Crippen molar-refractivity contribution >= 4 is 37.2 Å². The van der Waals surface area contributed by atoms with E-state index in [4.69, 9.17) is 31.9 Å². The number of carbonyl (C=O) groups is 2. The number of ether oxygens (including phenoxy) is 1. The number of phosphoric acid groups is 1. The summed E-state index contributed by atoms with van der Waals surface area (Å²) in [6.45, 7) is 6.27. The maximum Gasteiger partial charge on any atom is 0.469 e. The molecule has 0 fully saturated rings. The highest BCUT2D eigenvalue weighted by Gasteiger charge is 2.26. The number of hydrogen-bond donors (Lipinski definition) is 6.